The Kier molecular flexibility index (Phi) is 7.02. The maximum atomic E-state index is 12.5. The van der Waals surface area contributed by atoms with Crippen LogP contribution in [0.5, 0.6) is 0 Å². The number of aliphatic hydroxyl groups is 1. The molecule has 0 fully saturated rings. The minimum absolute atomic E-state index is 0.0636. The Bertz CT molecular complexity index is 604. The third kappa shape index (κ3) is 5.61. The fraction of sp³-hybridized carbons (Fsp3) is 0.381. The Morgan fingerprint density at radius 2 is 1.48 bits per heavy atom. The second-order valence-corrected chi connectivity index (χ2v) is 6.60. The number of nitrogens with zero attached hydrogens (tertiary/aromatic N) is 1. The maximum Gasteiger partial charge on any atom is 0.317 e. The van der Waals surface area contributed by atoms with E-state index in [9.17, 15) is 9.90 Å². The van der Waals surface area contributed by atoms with E-state index < -0.39 is 6.10 Å². The Morgan fingerprint density at radius 1 is 1.00 bits per heavy atom. The van der Waals surface area contributed by atoms with Gasteiger partial charge in [0.15, 0.2) is 0 Å². The molecule has 0 saturated heterocycles. The number of aliphatic hydroxyl groups excluding tert-OH is 1. The second kappa shape index (κ2) is 9.23. The zero-order valence-corrected chi connectivity index (χ0v) is 15.2. The maximum absolute atomic E-state index is 12.5. The molecule has 2 unspecified atom stereocenters. The van der Waals surface area contributed by atoms with Gasteiger partial charge in [-0.3, -0.25) is 0 Å². The number of benzene rings is 2. The molecule has 4 heteroatoms. The summed E-state index contributed by atoms with van der Waals surface area (Å²) in [7, 11) is 1.75. The van der Waals surface area contributed by atoms with Crippen LogP contribution < -0.4 is 5.32 Å². The van der Waals surface area contributed by atoms with E-state index in [0.717, 1.165) is 0 Å². The summed E-state index contributed by atoms with van der Waals surface area (Å²) in [4.78, 5) is 14.1. The minimum Gasteiger partial charge on any atom is -0.393 e. The van der Waals surface area contributed by atoms with Gasteiger partial charge in [-0.1, -0.05) is 60.7 Å². The monoisotopic (exact) mass is 340 g/mol. The van der Waals surface area contributed by atoms with Crippen LogP contribution in [0.25, 0.3) is 0 Å². The zero-order chi connectivity index (χ0) is 18.2. The summed E-state index contributed by atoms with van der Waals surface area (Å²) in [6.45, 7) is 4.29. The van der Waals surface area contributed by atoms with Crippen molar-refractivity contribution < 1.29 is 9.90 Å². The number of urea groups is 1. The zero-order valence-electron chi connectivity index (χ0n) is 15.2. The quantitative estimate of drug-likeness (QED) is 0.809. The van der Waals surface area contributed by atoms with Crippen molar-refractivity contribution in [2.75, 3.05) is 13.6 Å². The van der Waals surface area contributed by atoms with E-state index in [0.29, 0.717) is 13.0 Å². The van der Waals surface area contributed by atoms with Crippen molar-refractivity contribution in [3.63, 3.8) is 0 Å². The topological polar surface area (TPSA) is 52.6 Å². The van der Waals surface area contributed by atoms with Crippen LogP contribution in [0.1, 0.15) is 37.3 Å². The van der Waals surface area contributed by atoms with Crippen LogP contribution in [0, 0.1) is 0 Å². The summed E-state index contributed by atoms with van der Waals surface area (Å²) < 4.78 is 0. The summed E-state index contributed by atoms with van der Waals surface area (Å²) in [6, 6.07) is 20.3. The Labute approximate surface area is 150 Å². The fourth-order valence-electron chi connectivity index (χ4n) is 2.96. The van der Waals surface area contributed by atoms with Crippen molar-refractivity contribution in [2.24, 2.45) is 0 Å². The van der Waals surface area contributed by atoms with E-state index >= 15 is 0 Å². The molecular weight excluding hydrogens is 312 g/mol. The summed E-state index contributed by atoms with van der Waals surface area (Å²) in [6.07, 6.45) is 0.160. The highest BCUT2D eigenvalue weighted by molar-refractivity contribution is 5.74. The average Bonchev–Trinajstić information content (AvgIpc) is 2.61. The van der Waals surface area contributed by atoms with E-state index in [1.807, 2.05) is 43.3 Å². The van der Waals surface area contributed by atoms with Crippen molar-refractivity contribution in [3.05, 3.63) is 71.8 Å². The SMILES string of the molecule is CC(O)CCN(C)C(=O)NC(C)C(c1ccccc1)c1ccccc1. The molecule has 0 aromatic heterocycles. The van der Waals surface area contributed by atoms with Crippen molar-refractivity contribution in [1.82, 2.24) is 10.2 Å². The van der Waals surface area contributed by atoms with Gasteiger partial charge < -0.3 is 15.3 Å². The molecule has 134 valence electrons. The fourth-order valence-corrected chi connectivity index (χ4v) is 2.96. The first-order chi connectivity index (χ1) is 12.0. The van der Waals surface area contributed by atoms with Crippen LogP contribution in [0.2, 0.25) is 0 Å². The van der Waals surface area contributed by atoms with Gasteiger partial charge in [-0.15, -0.1) is 0 Å². The third-order valence-electron chi connectivity index (χ3n) is 4.40. The molecule has 0 saturated carbocycles. The molecule has 2 N–H and O–H groups in total. The van der Waals surface area contributed by atoms with E-state index in [1.54, 1.807) is 18.9 Å². The molecule has 0 spiro atoms. The molecule has 4 nitrogen and oxygen atoms in total. The number of amides is 2. The van der Waals surface area contributed by atoms with Gasteiger partial charge in [0.2, 0.25) is 0 Å². The van der Waals surface area contributed by atoms with Gasteiger partial charge in [-0.2, -0.15) is 0 Å². The molecule has 0 bridgehead atoms. The smallest absolute Gasteiger partial charge is 0.317 e. The molecule has 25 heavy (non-hydrogen) atoms. The van der Waals surface area contributed by atoms with Gasteiger partial charge in [0.05, 0.1) is 6.10 Å². The van der Waals surface area contributed by atoms with Crippen LogP contribution in [-0.4, -0.2) is 41.8 Å². The number of carbonyl (C=O) groups excluding carboxylic acids is 1. The number of hydrogen-bond acceptors (Lipinski definition) is 2. The number of rotatable bonds is 7. The number of nitrogens with one attached hydrogen (secondary N) is 1. The predicted molar refractivity (Wildman–Crippen MR) is 102 cm³/mol. The van der Waals surface area contributed by atoms with E-state index in [2.05, 4.69) is 29.6 Å². The largest absolute Gasteiger partial charge is 0.393 e. The molecule has 0 aliphatic heterocycles. The lowest BCUT2D eigenvalue weighted by Crippen LogP contribution is -2.45. The van der Waals surface area contributed by atoms with Crippen molar-refractivity contribution in [1.29, 1.82) is 0 Å². The number of carbonyl (C=O) groups is 1. The van der Waals surface area contributed by atoms with Crippen molar-refractivity contribution >= 4 is 6.03 Å². The highest BCUT2D eigenvalue weighted by atomic mass is 16.3. The summed E-state index contributed by atoms with van der Waals surface area (Å²) >= 11 is 0. The summed E-state index contributed by atoms with van der Waals surface area (Å²) in [5, 5.41) is 12.5. The van der Waals surface area contributed by atoms with Gasteiger partial charge in [0.25, 0.3) is 0 Å². The van der Waals surface area contributed by atoms with E-state index in [4.69, 9.17) is 0 Å². The average molecular weight is 340 g/mol. The van der Waals surface area contributed by atoms with Crippen LogP contribution in [0.4, 0.5) is 4.79 Å². The van der Waals surface area contributed by atoms with Gasteiger partial charge in [0.1, 0.15) is 0 Å². The van der Waals surface area contributed by atoms with Crippen LogP contribution in [-0.2, 0) is 0 Å². The second-order valence-electron chi connectivity index (χ2n) is 6.60. The molecule has 0 aliphatic carbocycles. The first-order valence-electron chi connectivity index (χ1n) is 8.78. The van der Waals surface area contributed by atoms with Crippen LogP contribution in [0.15, 0.2) is 60.7 Å². The van der Waals surface area contributed by atoms with Gasteiger partial charge in [0, 0.05) is 25.6 Å². The van der Waals surface area contributed by atoms with Gasteiger partial charge in [-0.25, -0.2) is 4.79 Å². The van der Waals surface area contributed by atoms with Gasteiger partial charge in [-0.05, 0) is 31.4 Å². The number of hydrogen-bond donors (Lipinski definition) is 2. The highest BCUT2D eigenvalue weighted by Crippen LogP contribution is 2.28. The Hall–Kier alpha value is -2.33. The molecule has 0 heterocycles. The first-order valence-corrected chi connectivity index (χ1v) is 8.78. The van der Waals surface area contributed by atoms with Crippen LogP contribution >= 0.6 is 0 Å². The predicted octanol–water partition coefficient (Wildman–Crippen LogP) is 3.62. The molecule has 0 radical (unpaired) electrons. The standard InChI is InChI=1S/C21H28N2O2/c1-16(24)14-15-23(3)21(25)22-17(2)20(18-10-6-4-7-11-18)19-12-8-5-9-13-19/h4-13,16-17,20,24H,14-15H2,1-3H3,(H,22,25). The Morgan fingerprint density at radius 3 is 1.92 bits per heavy atom. The van der Waals surface area contributed by atoms with Crippen molar-refractivity contribution in [3.8, 4) is 0 Å². The van der Waals surface area contributed by atoms with Crippen LogP contribution in [0.3, 0.4) is 0 Å². The van der Waals surface area contributed by atoms with E-state index in [-0.39, 0.29) is 18.0 Å². The third-order valence-corrected chi connectivity index (χ3v) is 4.40. The molecular formula is C21H28N2O2. The van der Waals surface area contributed by atoms with Crippen molar-refractivity contribution in [2.45, 2.75) is 38.3 Å². The summed E-state index contributed by atoms with van der Waals surface area (Å²) in [5.41, 5.74) is 2.35. The lowest BCUT2D eigenvalue weighted by atomic mass is 9.86. The molecule has 2 rings (SSSR count). The molecule has 2 aromatic rings. The molecule has 2 amide bonds. The first kappa shape index (κ1) is 19.0. The normalized spacial score (nSPS) is 13.3. The summed E-state index contributed by atoms with van der Waals surface area (Å²) in [5.74, 6) is 0.0801. The Balaban J connectivity index is 2.13. The molecule has 2 atom stereocenters. The molecule has 0 aliphatic rings. The minimum atomic E-state index is -0.408. The molecule has 2 aromatic carbocycles. The lowest BCUT2D eigenvalue weighted by Gasteiger charge is -2.28. The lowest BCUT2D eigenvalue weighted by molar-refractivity contribution is 0.162. The van der Waals surface area contributed by atoms with Gasteiger partial charge >= 0.3 is 6.03 Å². The van der Waals surface area contributed by atoms with E-state index in [1.165, 1.54) is 11.1 Å². The highest BCUT2D eigenvalue weighted by Gasteiger charge is 2.23.